The van der Waals surface area contributed by atoms with Crippen LogP contribution >= 0.6 is 0 Å². The quantitative estimate of drug-likeness (QED) is 0.897. The standard InChI is InChI=1S/C16H27N3O2/c1-15(2,3)12-5-8-16(21,9-6-12)11-17-14(20)13-7-10-18-19(13)4/h7,10,12,21H,5-6,8-9,11H2,1-4H3,(H,17,20). The summed E-state index contributed by atoms with van der Waals surface area (Å²) < 4.78 is 1.54. The van der Waals surface area contributed by atoms with Gasteiger partial charge in [-0.05, 0) is 43.1 Å². The lowest BCUT2D eigenvalue weighted by molar-refractivity contribution is -0.0229. The summed E-state index contributed by atoms with van der Waals surface area (Å²) >= 11 is 0. The van der Waals surface area contributed by atoms with Gasteiger partial charge < -0.3 is 10.4 Å². The Hall–Kier alpha value is -1.36. The van der Waals surface area contributed by atoms with Crippen molar-refractivity contribution >= 4 is 5.91 Å². The molecule has 0 spiro atoms. The maximum Gasteiger partial charge on any atom is 0.269 e. The van der Waals surface area contributed by atoms with Gasteiger partial charge in [-0.3, -0.25) is 9.48 Å². The minimum absolute atomic E-state index is 0.179. The minimum atomic E-state index is -0.768. The Balaban J connectivity index is 1.87. The molecule has 2 rings (SSSR count). The normalized spacial score (nSPS) is 26.6. The summed E-state index contributed by atoms with van der Waals surface area (Å²) in [5.41, 5.74) is 0.0388. The zero-order valence-electron chi connectivity index (χ0n) is 13.5. The number of aliphatic hydroxyl groups is 1. The number of hydrogen-bond acceptors (Lipinski definition) is 3. The maximum absolute atomic E-state index is 12.1. The smallest absolute Gasteiger partial charge is 0.269 e. The second kappa shape index (κ2) is 5.79. The van der Waals surface area contributed by atoms with E-state index in [-0.39, 0.29) is 5.91 Å². The number of aromatic nitrogens is 2. The van der Waals surface area contributed by atoms with Crippen LogP contribution in [-0.2, 0) is 7.05 Å². The van der Waals surface area contributed by atoms with Gasteiger partial charge in [-0.1, -0.05) is 20.8 Å². The molecule has 1 aromatic heterocycles. The first-order chi connectivity index (χ1) is 9.71. The number of rotatable bonds is 3. The summed E-state index contributed by atoms with van der Waals surface area (Å²) in [6.45, 7) is 7.08. The van der Waals surface area contributed by atoms with Crippen LogP contribution in [0.25, 0.3) is 0 Å². The molecule has 118 valence electrons. The molecule has 1 fully saturated rings. The average molecular weight is 293 g/mol. The Bertz CT molecular complexity index is 494. The van der Waals surface area contributed by atoms with E-state index < -0.39 is 5.60 Å². The van der Waals surface area contributed by atoms with Crippen LogP contribution in [-0.4, -0.2) is 32.9 Å². The molecule has 0 saturated heterocycles. The van der Waals surface area contributed by atoms with Crippen LogP contribution in [0.5, 0.6) is 0 Å². The Kier molecular flexibility index (Phi) is 4.42. The first-order valence-electron chi connectivity index (χ1n) is 7.70. The van der Waals surface area contributed by atoms with Crippen LogP contribution in [0.2, 0.25) is 0 Å². The molecule has 1 amide bonds. The Morgan fingerprint density at radius 1 is 1.48 bits per heavy atom. The van der Waals surface area contributed by atoms with E-state index in [2.05, 4.69) is 31.2 Å². The Morgan fingerprint density at radius 2 is 2.10 bits per heavy atom. The van der Waals surface area contributed by atoms with E-state index in [4.69, 9.17) is 0 Å². The van der Waals surface area contributed by atoms with Gasteiger partial charge in [0.15, 0.2) is 0 Å². The molecule has 0 aliphatic heterocycles. The van der Waals surface area contributed by atoms with Crippen molar-refractivity contribution in [3.05, 3.63) is 18.0 Å². The molecule has 1 heterocycles. The van der Waals surface area contributed by atoms with Gasteiger partial charge >= 0.3 is 0 Å². The van der Waals surface area contributed by atoms with Crippen LogP contribution in [0, 0.1) is 11.3 Å². The summed E-state index contributed by atoms with van der Waals surface area (Å²) in [4.78, 5) is 12.1. The molecule has 2 N–H and O–H groups in total. The molecule has 0 unspecified atom stereocenters. The number of carbonyl (C=O) groups excluding carboxylic acids is 1. The summed E-state index contributed by atoms with van der Waals surface area (Å²) in [7, 11) is 1.73. The van der Waals surface area contributed by atoms with Crippen molar-refractivity contribution in [1.29, 1.82) is 0 Å². The second-order valence-electron chi connectivity index (χ2n) is 7.39. The molecule has 1 aliphatic carbocycles. The van der Waals surface area contributed by atoms with E-state index in [1.807, 2.05) is 0 Å². The van der Waals surface area contributed by atoms with Gasteiger partial charge in [-0.25, -0.2) is 0 Å². The molecule has 21 heavy (non-hydrogen) atoms. The first-order valence-corrected chi connectivity index (χ1v) is 7.70. The van der Waals surface area contributed by atoms with E-state index in [1.165, 1.54) is 4.68 Å². The predicted octanol–water partition coefficient (Wildman–Crippen LogP) is 2.12. The van der Waals surface area contributed by atoms with Gasteiger partial charge in [0.25, 0.3) is 5.91 Å². The monoisotopic (exact) mass is 293 g/mol. The Labute approximate surface area is 126 Å². The van der Waals surface area contributed by atoms with Crippen molar-refractivity contribution in [3.8, 4) is 0 Å². The number of hydrogen-bond donors (Lipinski definition) is 2. The summed E-state index contributed by atoms with van der Waals surface area (Å²) in [6.07, 6.45) is 5.13. The Morgan fingerprint density at radius 3 is 2.57 bits per heavy atom. The number of amides is 1. The first kappa shape index (κ1) is 16.0. The van der Waals surface area contributed by atoms with Gasteiger partial charge in [0.2, 0.25) is 0 Å². The van der Waals surface area contributed by atoms with Crippen LogP contribution in [0.3, 0.4) is 0 Å². The number of nitrogens with zero attached hydrogens (tertiary/aromatic N) is 2. The zero-order chi connectivity index (χ0) is 15.7. The summed E-state index contributed by atoms with van der Waals surface area (Å²) in [5.74, 6) is 0.465. The fourth-order valence-electron chi connectivity index (χ4n) is 3.13. The van der Waals surface area contributed by atoms with Gasteiger partial charge in [0, 0.05) is 19.8 Å². The highest BCUT2D eigenvalue weighted by molar-refractivity contribution is 5.92. The highest BCUT2D eigenvalue weighted by Crippen LogP contribution is 2.41. The SMILES string of the molecule is Cn1nccc1C(=O)NCC1(O)CCC(C(C)(C)C)CC1. The lowest BCUT2D eigenvalue weighted by atomic mass is 9.68. The van der Waals surface area contributed by atoms with Crippen LogP contribution < -0.4 is 5.32 Å². The molecule has 0 bridgehead atoms. The predicted molar refractivity (Wildman–Crippen MR) is 81.9 cm³/mol. The number of nitrogens with one attached hydrogen (secondary N) is 1. The summed E-state index contributed by atoms with van der Waals surface area (Å²) in [5, 5.41) is 17.5. The molecule has 1 aliphatic rings. The second-order valence-corrected chi connectivity index (χ2v) is 7.39. The fraction of sp³-hybridized carbons (Fsp3) is 0.750. The van der Waals surface area contributed by atoms with Crippen molar-refractivity contribution in [2.45, 2.75) is 52.1 Å². The van der Waals surface area contributed by atoms with Crippen LogP contribution in [0.1, 0.15) is 56.9 Å². The molecule has 5 heteroatoms. The lowest BCUT2D eigenvalue weighted by Crippen LogP contribution is -2.46. The fourth-order valence-corrected chi connectivity index (χ4v) is 3.13. The van der Waals surface area contributed by atoms with E-state index >= 15 is 0 Å². The molecule has 0 aromatic carbocycles. The number of carbonyl (C=O) groups is 1. The minimum Gasteiger partial charge on any atom is -0.388 e. The van der Waals surface area contributed by atoms with Crippen molar-refractivity contribution in [3.63, 3.8) is 0 Å². The van der Waals surface area contributed by atoms with E-state index in [9.17, 15) is 9.90 Å². The highest BCUT2D eigenvalue weighted by atomic mass is 16.3. The maximum atomic E-state index is 12.1. The van der Waals surface area contributed by atoms with Gasteiger partial charge in [-0.15, -0.1) is 0 Å². The molecule has 5 nitrogen and oxygen atoms in total. The largest absolute Gasteiger partial charge is 0.388 e. The molecule has 0 radical (unpaired) electrons. The van der Waals surface area contributed by atoms with Crippen molar-refractivity contribution in [1.82, 2.24) is 15.1 Å². The molecular formula is C16H27N3O2. The van der Waals surface area contributed by atoms with Gasteiger partial charge in [0.05, 0.1) is 5.60 Å². The molecule has 1 aromatic rings. The highest BCUT2D eigenvalue weighted by Gasteiger charge is 2.37. The van der Waals surface area contributed by atoms with Crippen molar-refractivity contribution in [2.24, 2.45) is 18.4 Å². The van der Waals surface area contributed by atoms with E-state index in [0.29, 0.717) is 23.6 Å². The van der Waals surface area contributed by atoms with E-state index in [0.717, 1.165) is 25.7 Å². The van der Waals surface area contributed by atoms with Gasteiger partial charge in [0.1, 0.15) is 5.69 Å². The van der Waals surface area contributed by atoms with Crippen molar-refractivity contribution < 1.29 is 9.90 Å². The van der Waals surface area contributed by atoms with Gasteiger partial charge in [-0.2, -0.15) is 5.10 Å². The van der Waals surface area contributed by atoms with E-state index in [1.54, 1.807) is 19.3 Å². The third-order valence-corrected chi connectivity index (χ3v) is 4.77. The zero-order valence-corrected chi connectivity index (χ0v) is 13.5. The number of aryl methyl sites for hydroxylation is 1. The molecule has 0 atom stereocenters. The third-order valence-electron chi connectivity index (χ3n) is 4.77. The lowest BCUT2D eigenvalue weighted by Gasteiger charge is -2.41. The van der Waals surface area contributed by atoms with Crippen molar-refractivity contribution in [2.75, 3.05) is 6.54 Å². The molecule has 1 saturated carbocycles. The van der Waals surface area contributed by atoms with Crippen LogP contribution in [0.4, 0.5) is 0 Å². The third kappa shape index (κ3) is 3.84. The molecular weight excluding hydrogens is 266 g/mol. The topological polar surface area (TPSA) is 67.2 Å². The summed E-state index contributed by atoms with van der Waals surface area (Å²) in [6, 6.07) is 1.68. The average Bonchev–Trinajstić information content (AvgIpc) is 2.82. The van der Waals surface area contributed by atoms with Crippen LogP contribution in [0.15, 0.2) is 12.3 Å².